The molecular weight excluding hydrogens is 260 g/mol. The fourth-order valence-corrected chi connectivity index (χ4v) is 3.17. The summed E-state index contributed by atoms with van der Waals surface area (Å²) in [6.45, 7) is 4.15. The molecule has 1 amide bonds. The maximum absolute atomic E-state index is 12.3. The molecule has 0 saturated heterocycles. The van der Waals surface area contributed by atoms with Crippen molar-refractivity contribution in [2.75, 3.05) is 0 Å². The van der Waals surface area contributed by atoms with Gasteiger partial charge in [0, 0.05) is 6.04 Å². The van der Waals surface area contributed by atoms with E-state index in [-0.39, 0.29) is 11.9 Å². The molecule has 1 aromatic rings. The lowest BCUT2D eigenvalue weighted by molar-refractivity contribution is -0.123. The molecule has 2 atom stereocenters. The van der Waals surface area contributed by atoms with Crippen molar-refractivity contribution in [2.45, 2.75) is 64.5 Å². The molecule has 1 aromatic carbocycles. The highest BCUT2D eigenvalue weighted by molar-refractivity contribution is 5.83. The second kappa shape index (κ2) is 7.60. The van der Waals surface area contributed by atoms with Crippen LogP contribution in [0.2, 0.25) is 0 Å². The molecule has 0 aromatic heterocycles. The van der Waals surface area contributed by atoms with Crippen molar-refractivity contribution in [2.24, 2.45) is 11.7 Å². The first-order valence-corrected chi connectivity index (χ1v) is 8.20. The number of amides is 1. The van der Waals surface area contributed by atoms with Gasteiger partial charge in [0.25, 0.3) is 0 Å². The van der Waals surface area contributed by atoms with Crippen molar-refractivity contribution >= 4 is 5.91 Å². The molecule has 0 aliphatic heterocycles. The Morgan fingerprint density at radius 1 is 1.14 bits per heavy atom. The third-order valence-corrected chi connectivity index (χ3v) is 4.70. The minimum Gasteiger partial charge on any atom is -0.352 e. The number of carbonyl (C=O) groups is 1. The Morgan fingerprint density at radius 3 is 2.29 bits per heavy atom. The Bertz CT molecular complexity index is 447. The predicted molar refractivity (Wildman–Crippen MR) is 86.9 cm³/mol. The number of carbonyl (C=O) groups excluding carboxylic acids is 1. The standard InChI is InChI=1S/C18H28N2O/c1-13-9-11-16(12-10-13)17(19)18(21)20-14(2)15-7-5-3-4-6-8-15/h9-12,14-15,17H,3-8,19H2,1-2H3,(H,20,21)/t14-,17?/m0/s1. The van der Waals surface area contributed by atoms with Crippen LogP contribution in [-0.2, 0) is 4.79 Å². The summed E-state index contributed by atoms with van der Waals surface area (Å²) in [5.41, 5.74) is 8.14. The van der Waals surface area contributed by atoms with Crippen molar-refractivity contribution in [1.82, 2.24) is 5.32 Å². The maximum atomic E-state index is 12.3. The SMILES string of the molecule is Cc1ccc(C(N)C(=O)N[C@@H](C)C2CCCCCC2)cc1. The molecule has 21 heavy (non-hydrogen) atoms. The molecule has 2 rings (SSSR count). The largest absolute Gasteiger partial charge is 0.352 e. The highest BCUT2D eigenvalue weighted by Gasteiger charge is 2.23. The summed E-state index contributed by atoms with van der Waals surface area (Å²) in [5.74, 6) is 0.539. The molecule has 3 N–H and O–H groups in total. The van der Waals surface area contributed by atoms with Crippen LogP contribution >= 0.6 is 0 Å². The number of benzene rings is 1. The quantitative estimate of drug-likeness (QED) is 0.834. The molecule has 1 aliphatic carbocycles. The fourth-order valence-electron chi connectivity index (χ4n) is 3.17. The summed E-state index contributed by atoms with van der Waals surface area (Å²) in [5, 5.41) is 3.13. The first kappa shape index (κ1) is 16.0. The van der Waals surface area contributed by atoms with Gasteiger partial charge in [0.1, 0.15) is 6.04 Å². The van der Waals surface area contributed by atoms with Gasteiger partial charge in [0.05, 0.1) is 0 Å². The van der Waals surface area contributed by atoms with Crippen LogP contribution < -0.4 is 11.1 Å². The van der Waals surface area contributed by atoms with E-state index in [9.17, 15) is 4.79 Å². The highest BCUT2D eigenvalue weighted by atomic mass is 16.2. The van der Waals surface area contributed by atoms with Gasteiger partial charge in [0.2, 0.25) is 5.91 Å². The topological polar surface area (TPSA) is 55.1 Å². The van der Waals surface area contributed by atoms with Crippen LogP contribution in [0.15, 0.2) is 24.3 Å². The van der Waals surface area contributed by atoms with E-state index < -0.39 is 6.04 Å². The molecule has 1 saturated carbocycles. The second-order valence-electron chi connectivity index (χ2n) is 6.44. The van der Waals surface area contributed by atoms with Crippen molar-refractivity contribution in [1.29, 1.82) is 0 Å². The van der Waals surface area contributed by atoms with Gasteiger partial charge in [-0.25, -0.2) is 0 Å². The first-order chi connectivity index (χ1) is 10.1. The van der Waals surface area contributed by atoms with E-state index in [1.807, 2.05) is 31.2 Å². The Balaban J connectivity index is 1.91. The molecule has 1 aliphatic rings. The third-order valence-electron chi connectivity index (χ3n) is 4.70. The van der Waals surface area contributed by atoms with Crippen LogP contribution in [0.5, 0.6) is 0 Å². The van der Waals surface area contributed by atoms with E-state index in [1.54, 1.807) is 0 Å². The zero-order chi connectivity index (χ0) is 15.2. The highest BCUT2D eigenvalue weighted by Crippen LogP contribution is 2.25. The van der Waals surface area contributed by atoms with Crippen molar-refractivity contribution in [3.8, 4) is 0 Å². The molecule has 3 nitrogen and oxygen atoms in total. The van der Waals surface area contributed by atoms with E-state index in [1.165, 1.54) is 44.1 Å². The molecule has 0 spiro atoms. The number of hydrogen-bond acceptors (Lipinski definition) is 2. The van der Waals surface area contributed by atoms with E-state index in [0.29, 0.717) is 5.92 Å². The summed E-state index contributed by atoms with van der Waals surface area (Å²) in [6, 6.07) is 7.52. The first-order valence-electron chi connectivity index (χ1n) is 8.20. The Hall–Kier alpha value is -1.35. The summed E-state index contributed by atoms with van der Waals surface area (Å²) >= 11 is 0. The second-order valence-corrected chi connectivity index (χ2v) is 6.44. The minimum atomic E-state index is -0.571. The molecule has 1 unspecified atom stereocenters. The van der Waals surface area contributed by atoms with Gasteiger partial charge >= 0.3 is 0 Å². The van der Waals surface area contributed by atoms with Gasteiger partial charge in [-0.3, -0.25) is 4.79 Å². The Kier molecular flexibility index (Phi) is 5.80. The number of nitrogens with one attached hydrogen (secondary N) is 1. The number of rotatable bonds is 4. The van der Waals surface area contributed by atoms with E-state index >= 15 is 0 Å². The third kappa shape index (κ3) is 4.57. The Labute approximate surface area is 128 Å². The molecule has 3 heteroatoms. The van der Waals surface area contributed by atoms with Crippen LogP contribution in [0, 0.1) is 12.8 Å². The van der Waals surface area contributed by atoms with Crippen LogP contribution in [0.3, 0.4) is 0 Å². The van der Waals surface area contributed by atoms with Crippen LogP contribution in [-0.4, -0.2) is 11.9 Å². The molecule has 0 radical (unpaired) electrons. The average Bonchev–Trinajstić information content (AvgIpc) is 2.76. The summed E-state index contributed by atoms with van der Waals surface area (Å²) in [7, 11) is 0. The van der Waals surface area contributed by atoms with Crippen LogP contribution in [0.1, 0.15) is 62.6 Å². The monoisotopic (exact) mass is 288 g/mol. The molecule has 116 valence electrons. The van der Waals surface area contributed by atoms with Gasteiger partial charge in [-0.1, -0.05) is 55.5 Å². The zero-order valence-electron chi connectivity index (χ0n) is 13.3. The van der Waals surface area contributed by atoms with E-state index in [0.717, 1.165) is 5.56 Å². The minimum absolute atomic E-state index is 0.0596. The number of nitrogens with two attached hydrogens (primary N) is 1. The van der Waals surface area contributed by atoms with Crippen molar-refractivity contribution in [3.63, 3.8) is 0 Å². The summed E-state index contributed by atoms with van der Waals surface area (Å²) in [4.78, 5) is 12.3. The molecule has 1 fully saturated rings. The van der Waals surface area contributed by atoms with Gasteiger partial charge in [-0.15, -0.1) is 0 Å². The van der Waals surface area contributed by atoms with Crippen molar-refractivity contribution in [3.05, 3.63) is 35.4 Å². The maximum Gasteiger partial charge on any atom is 0.241 e. The van der Waals surface area contributed by atoms with Gasteiger partial charge in [0.15, 0.2) is 0 Å². The lowest BCUT2D eigenvalue weighted by Crippen LogP contribution is -2.42. The number of hydrogen-bond donors (Lipinski definition) is 2. The molecule has 0 heterocycles. The van der Waals surface area contributed by atoms with Crippen molar-refractivity contribution < 1.29 is 4.79 Å². The zero-order valence-corrected chi connectivity index (χ0v) is 13.3. The lowest BCUT2D eigenvalue weighted by atomic mass is 9.92. The van der Waals surface area contributed by atoms with E-state index in [4.69, 9.17) is 5.73 Å². The van der Waals surface area contributed by atoms with Gasteiger partial charge < -0.3 is 11.1 Å². The van der Waals surface area contributed by atoms with Crippen LogP contribution in [0.4, 0.5) is 0 Å². The molecule has 0 bridgehead atoms. The average molecular weight is 288 g/mol. The summed E-state index contributed by atoms with van der Waals surface area (Å²) in [6.07, 6.45) is 7.69. The predicted octanol–water partition coefficient (Wildman–Crippen LogP) is 3.47. The van der Waals surface area contributed by atoms with Gasteiger partial charge in [-0.05, 0) is 38.2 Å². The Morgan fingerprint density at radius 2 is 1.71 bits per heavy atom. The normalized spacial score (nSPS) is 19.6. The smallest absolute Gasteiger partial charge is 0.241 e. The number of aryl methyl sites for hydroxylation is 1. The lowest BCUT2D eigenvalue weighted by Gasteiger charge is -2.25. The summed E-state index contributed by atoms with van der Waals surface area (Å²) < 4.78 is 0. The van der Waals surface area contributed by atoms with E-state index in [2.05, 4.69) is 12.2 Å². The molecular formula is C18H28N2O. The van der Waals surface area contributed by atoms with Crippen LogP contribution in [0.25, 0.3) is 0 Å². The fraction of sp³-hybridized carbons (Fsp3) is 0.611. The van der Waals surface area contributed by atoms with Gasteiger partial charge in [-0.2, -0.15) is 0 Å².